The maximum absolute atomic E-state index is 15.1. The molecule has 2 aromatic heterocycles. The third-order valence-electron chi connectivity index (χ3n) is 6.09. The molecule has 0 bridgehead atoms. The fraction of sp³-hybridized carbons (Fsp3) is 0.154. The summed E-state index contributed by atoms with van der Waals surface area (Å²) in [7, 11) is 1.46. The number of H-pyrrole nitrogens is 2. The second-order valence-electron chi connectivity index (χ2n) is 8.18. The number of rotatable bonds is 6. The number of nitrogens with one attached hydrogen (secondary N) is 2. The molecule has 0 radical (unpaired) electrons. The Morgan fingerprint density at radius 1 is 1.14 bits per heavy atom. The molecular formula is C26H22FN5O4. The monoisotopic (exact) mass is 487 g/mol. The summed E-state index contributed by atoms with van der Waals surface area (Å²) in [5, 5.41) is 17.2. The molecule has 182 valence electrons. The van der Waals surface area contributed by atoms with Crippen molar-refractivity contribution in [2.75, 3.05) is 18.6 Å². The van der Waals surface area contributed by atoms with E-state index in [4.69, 9.17) is 4.74 Å². The number of imidazole rings is 1. The van der Waals surface area contributed by atoms with Crippen LogP contribution in [0.4, 0.5) is 15.1 Å². The average molecular weight is 487 g/mol. The van der Waals surface area contributed by atoms with Crippen LogP contribution < -0.4 is 15.2 Å². The number of hydrogen-bond donors (Lipinski definition) is 3. The Morgan fingerprint density at radius 3 is 2.64 bits per heavy atom. The predicted octanol–water partition coefficient (Wildman–Crippen LogP) is 4.71. The van der Waals surface area contributed by atoms with Crippen LogP contribution in [-0.2, 0) is 6.42 Å². The molecule has 0 aliphatic heterocycles. The first-order valence-electron chi connectivity index (χ1n) is 11.2. The van der Waals surface area contributed by atoms with E-state index in [0.717, 1.165) is 10.5 Å². The number of aromatic amines is 2. The smallest absolute Gasteiger partial charge is 0.414 e. The predicted molar refractivity (Wildman–Crippen MR) is 134 cm³/mol. The summed E-state index contributed by atoms with van der Waals surface area (Å²) in [5.41, 5.74) is 3.20. The number of amides is 1. The van der Waals surface area contributed by atoms with E-state index in [2.05, 4.69) is 20.2 Å². The number of carbonyl (C=O) groups is 1. The van der Waals surface area contributed by atoms with Gasteiger partial charge < -0.3 is 14.8 Å². The number of ether oxygens (including phenoxy) is 1. The Morgan fingerprint density at radius 2 is 1.92 bits per heavy atom. The lowest BCUT2D eigenvalue weighted by Gasteiger charge is -2.13. The fourth-order valence-corrected chi connectivity index (χ4v) is 4.28. The van der Waals surface area contributed by atoms with Crippen LogP contribution in [0.25, 0.3) is 32.9 Å². The maximum atomic E-state index is 15.1. The zero-order valence-corrected chi connectivity index (χ0v) is 19.5. The highest BCUT2D eigenvalue weighted by molar-refractivity contribution is 5.89. The summed E-state index contributed by atoms with van der Waals surface area (Å²) in [5.74, 6) is 0.0992. The van der Waals surface area contributed by atoms with Gasteiger partial charge in [0.15, 0.2) is 0 Å². The minimum absolute atomic E-state index is 0.152. The van der Waals surface area contributed by atoms with Crippen LogP contribution in [0, 0.1) is 5.82 Å². The van der Waals surface area contributed by atoms with E-state index in [9.17, 15) is 14.7 Å². The van der Waals surface area contributed by atoms with Crippen LogP contribution in [0.2, 0.25) is 0 Å². The summed E-state index contributed by atoms with van der Waals surface area (Å²) in [6.07, 6.45) is -0.955. The Kier molecular flexibility index (Phi) is 5.85. The third kappa shape index (κ3) is 4.02. The minimum Gasteiger partial charge on any atom is -0.496 e. The minimum atomic E-state index is -1.11. The first kappa shape index (κ1) is 23.0. The van der Waals surface area contributed by atoms with Crippen molar-refractivity contribution in [2.24, 2.45) is 0 Å². The largest absolute Gasteiger partial charge is 0.496 e. The van der Waals surface area contributed by atoms with Crippen molar-refractivity contribution in [2.45, 2.75) is 13.3 Å². The topological polar surface area (TPSA) is 124 Å². The van der Waals surface area contributed by atoms with Gasteiger partial charge in [-0.2, -0.15) is 5.10 Å². The number of nitrogens with zero attached hydrogens (tertiary/aromatic N) is 3. The highest BCUT2D eigenvalue weighted by Gasteiger charge is 2.18. The van der Waals surface area contributed by atoms with Gasteiger partial charge in [-0.05, 0) is 42.3 Å². The van der Waals surface area contributed by atoms with Crippen LogP contribution in [-0.4, -0.2) is 45.0 Å². The van der Waals surface area contributed by atoms with E-state index in [1.807, 2.05) is 6.07 Å². The molecule has 36 heavy (non-hydrogen) atoms. The number of methoxy groups -OCH3 is 1. The standard InChI is InChI=1S/C26H22FN5O4/c1-3-32(26(34)35)25-28-20-9-8-14(11-22(20)29-25)18-10-15(19(27)13-23(18)36-2)12-21-16-6-4-5-7-17(16)24(33)31-30-21/h4-11,13H,3,12H2,1-2H3,(H,28,29)(H,31,33)(H,34,35). The van der Waals surface area contributed by atoms with Gasteiger partial charge in [-0.25, -0.2) is 24.2 Å². The van der Waals surface area contributed by atoms with E-state index in [0.29, 0.717) is 44.4 Å². The Balaban J connectivity index is 1.59. The lowest BCUT2D eigenvalue weighted by molar-refractivity contribution is 0.202. The van der Waals surface area contributed by atoms with Crippen molar-refractivity contribution in [3.05, 3.63) is 82.0 Å². The molecule has 3 N–H and O–H groups in total. The summed E-state index contributed by atoms with van der Waals surface area (Å²) >= 11 is 0. The molecule has 0 spiro atoms. The molecule has 0 aliphatic carbocycles. The highest BCUT2D eigenvalue weighted by Crippen LogP contribution is 2.35. The van der Waals surface area contributed by atoms with E-state index in [-0.39, 0.29) is 24.5 Å². The molecule has 9 nitrogen and oxygen atoms in total. The summed E-state index contributed by atoms with van der Waals surface area (Å²) in [4.78, 5) is 32.2. The summed E-state index contributed by atoms with van der Waals surface area (Å²) in [6, 6.07) is 15.5. The second-order valence-corrected chi connectivity index (χ2v) is 8.18. The Labute approximate surface area is 204 Å². The van der Waals surface area contributed by atoms with E-state index in [1.54, 1.807) is 49.4 Å². The van der Waals surface area contributed by atoms with Crippen LogP contribution in [0.3, 0.4) is 0 Å². The Hall–Kier alpha value is -4.73. The lowest BCUT2D eigenvalue weighted by atomic mass is 9.97. The number of benzene rings is 3. The van der Waals surface area contributed by atoms with Crippen molar-refractivity contribution < 1.29 is 19.0 Å². The average Bonchev–Trinajstić information content (AvgIpc) is 3.29. The van der Waals surface area contributed by atoms with Gasteiger partial charge in [0.1, 0.15) is 11.6 Å². The van der Waals surface area contributed by atoms with Gasteiger partial charge in [-0.1, -0.05) is 24.3 Å². The summed E-state index contributed by atoms with van der Waals surface area (Å²) < 4.78 is 20.6. The van der Waals surface area contributed by atoms with E-state index < -0.39 is 11.9 Å². The van der Waals surface area contributed by atoms with Gasteiger partial charge in [-0.15, -0.1) is 0 Å². The normalized spacial score (nSPS) is 11.2. The Bertz CT molecular complexity index is 1680. The molecule has 0 aliphatic rings. The number of aromatic nitrogens is 4. The van der Waals surface area contributed by atoms with Crippen molar-refractivity contribution in [3.63, 3.8) is 0 Å². The second kappa shape index (κ2) is 9.14. The van der Waals surface area contributed by atoms with Crippen LogP contribution in [0.15, 0.2) is 59.4 Å². The number of carboxylic acid groups (broad SMARTS) is 1. The number of fused-ring (bicyclic) bond motifs is 2. The quantitative estimate of drug-likeness (QED) is 0.319. The molecule has 1 amide bonds. The molecule has 3 aromatic carbocycles. The van der Waals surface area contributed by atoms with Gasteiger partial charge in [0.2, 0.25) is 5.95 Å². The molecule has 0 fully saturated rings. The van der Waals surface area contributed by atoms with Gasteiger partial charge in [0.25, 0.3) is 5.56 Å². The third-order valence-corrected chi connectivity index (χ3v) is 6.09. The lowest BCUT2D eigenvalue weighted by Crippen LogP contribution is -2.29. The van der Waals surface area contributed by atoms with E-state index in [1.165, 1.54) is 13.2 Å². The van der Waals surface area contributed by atoms with Gasteiger partial charge >= 0.3 is 6.09 Å². The van der Waals surface area contributed by atoms with Gasteiger partial charge in [0.05, 0.1) is 29.2 Å². The van der Waals surface area contributed by atoms with Gasteiger partial charge in [-0.3, -0.25) is 4.79 Å². The molecule has 0 saturated carbocycles. The maximum Gasteiger partial charge on any atom is 0.414 e. The fourth-order valence-electron chi connectivity index (χ4n) is 4.28. The first-order valence-corrected chi connectivity index (χ1v) is 11.2. The molecule has 2 heterocycles. The molecule has 5 rings (SSSR count). The SMILES string of the molecule is CCN(C(=O)O)c1nc2cc(-c3cc(Cc4n[nH]c(=O)c5ccccc45)c(F)cc3OC)ccc2[nH]1. The first-order chi connectivity index (χ1) is 17.4. The van der Waals surface area contributed by atoms with Crippen molar-refractivity contribution in [1.82, 2.24) is 20.2 Å². The molecular weight excluding hydrogens is 465 g/mol. The van der Waals surface area contributed by atoms with Crippen LogP contribution in [0.1, 0.15) is 18.2 Å². The molecule has 5 aromatic rings. The summed E-state index contributed by atoms with van der Waals surface area (Å²) in [6.45, 7) is 1.96. The number of hydrogen-bond acceptors (Lipinski definition) is 5. The van der Waals surface area contributed by atoms with Crippen LogP contribution in [0.5, 0.6) is 5.75 Å². The molecule has 10 heteroatoms. The highest BCUT2D eigenvalue weighted by atomic mass is 19.1. The van der Waals surface area contributed by atoms with Crippen molar-refractivity contribution in [3.8, 4) is 16.9 Å². The van der Waals surface area contributed by atoms with E-state index >= 15 is 4.39 Å². The van der Waals surface area contributed by atoms with Gasteiger partial charge in [0, 0.05) is 30.0 Å². The zero-order chi connectivity index (χ0) is 25.4. The number of anilines is 1. The molecule has 0 unspecified atom stereocenters. The number of halogens is 1. The molecule has 0 atom stereocenters. The zero-order valence-electron chi connectivity index (χ0n) is 19.5. The molecule has 0 saturated heterocycles. The van der Waals surface area contributed by atoms with Crippen LogP contribution >= 0.6 is 0 Å². The van der Waals surface area contributed by atoms with Crippen molar-refractivity contribution in [1.29, 1.82) is 0 Å². The van der Waals surface area contributed by atoms with Crippen molar-refractivity contribution >= 4 is 33.8 Å².